The minimum Gasteiger partial charge on any atom is -0.312 e. The summed E-state index contributed by atoms with van der Waals surface area (Å²) in [6, 6.07) is 5.84. The zero-order valence-corrected chi connectivity index (χ0v) is 10.9. The lowest BCUT2D eigenvalue weighted by atomic mass is 10.1. The molecule has 2 aromatic heterocycles. The molecule has 0 N–H and O–H groups in total. The van der Waals surface area contributed by atoms with E-state index in [0.29, 0.717) is 0 Å². The van der Waals surface area contributed by atoms with Crippen LogP contribution in [-0.2, 0) is 0 Å². The highest BCUT2D eigenvalue weighted by Gasteiger charge is 2.14. The second kappa shape index (κ2) is 5.83. The van der Waals surface area contributed by atoms with Crippen LogP contribution in [0.25, 0.3) is 0 Å². The zero-order valence-electron chi connectivity index (χ0n) is 10.9. The SMILES string of the molecule is O=C(On1cncn1)c1cccc(C(=O)On2cncn2)c1. The van der Waals surface area contributed by atoms with Crippen molar-refractivity contribution in [1.82, 2.24) is 29.9 Å². The number of rotatable bonds is 4. The second-order valence-corrected chi connectivity index (χ2v) is 3.93. The molecule has 2 heterocycles. The van der Waals surface area contributed by atoms with Crippen LogP contribution in [-0.4, -0.2) is 41.8 Å². The minimum absolute atomic E-state index is 0.156. The predicted molar refractivity (Wildman–Crippen MR) is 68.3 cm³/mol. The van der Waals surface area contributed by atoms with E-state index in [1.807, 2.05) is 0 Å². The molecule has 0 aliphatic heterocycles. The smallest absolute Gasteiger partial charge is 0.312 e. The Morgan fingerprint density at radius 2 is 1.36 bits per heavy atom. The standard InChI is InChI=1S/C12H8N6O4/c19-11(21-17-7-13-5-15-17)9-2-1-3-10(4-9)12(20)22-18-8-14-6-16-18/h1-8H. The molecule has 0 aliphatic rings. The predicted octanol–water partition coefficient (Wildman–Crippen LogP) is -0.592. The minimum atomic E-state index is -0.694. The topological polar surface area (TPSA) is 114 Å². The van der Waals surface area contributed by atoms with Crippen molar-refractivity contribution in [2.24, 2.45) is 0 Å². The highest BCUT2D eigenvalue weighted by atomic mass is 16.7. The summed E-state index contributed by atoms with van der Waals surface area (Å²) in [5, 5.41) is 7.28. The summed E-state index contributed by atoms with van der Waals surface area (Å²) in [5.74, 6) is -1.39. The Morgan fingerprint density at radius 3 is 1.77 bits per heavy atom. The van der Waals surface area contributed by atoms with Crippen molar-refractivity contribution in [3.05, 3.63) is 60.7 Å². The molecule has 0 spiro atoms. The summed E-state index contributed by atoms with van der Waals surface area (Å²) in [6.45, 7) is 0. The van der Waals surface area contributed by atoms with Crippen molar-refractivity contribution in [1.29, 1.82) is 0 Å². The number of nitrogens with zero attached hydrogens (tertiary/aromatic N) is 6. The first kappa shape index (κ1) is 13.4. The molecule has 22 heavy (non-hydrogen) atoms. The molecular formula is C12H8N6O4. The van der Waals surface area contributed by atoms with E-state index < -0.39 is 11.9 Å². The Kier molecular flexibility index (Phi) is 3.56. The largest absolute Gasteiger partial charge is 0.365 e. The van der Waals surface area contributed by atoms with Crippen LogP contribution in [0.4, 0.5) is 0 Å². The maximum Gasteiger partial charge on any atom is 0.365 e. The quantitative estimate of drug-likeness (QED) is 0.628. The fraction of sp³-hybridized carbons (Fsp3) is 0. The molecule has 110 valence electrons. The van der Waals surface area contributed by atoms with Gasteiger partial charge in [0.25, 0.3) is 0 Å². The van der Waals surface area contributed by atoms with E-state index >= 15 is 0 Å². The highest BCUT2D eigenvalue weighted by molar-refractivity contribution is 5.95. The summed E-state index contributed by atoms with van der Waals surface area (Å²) >= 11 is 0. The maximum absolute atomic E-state index is 11.9. The molecule has 3 aromatic rings. The summed E-state index contributed by atoms with van der Waals surface area (Å²) in [6.07, 6.45) is 4.89. The van der Waals surface area contributed by atoms with Gasteiger partial charge in [0.05, 0.1) is 11.1 Å². The molecule has 0 bridgehead atoms. The lowest BCUT2D eigenvalue weighted by Crippen LogP contribution is -2.22. The van der Waals surface area contributed by atoms with Crippen LogP contribution in [0.5, 0.6) is 0 Å². The normalized spacial score (nSPS) is 10.2. The van der Waals surface area contributed by atoms with Gasteiger partial charge < -0.3 is 9.68 Å². The van der Waals surface area contributed by atoms with Crippen LogP contribution in [0.1, 0.15) is 20.7 Å². The van der Waals surface area contributed by atoms with Crippen molar-refractivity contribution >= 4 is 11.9 Å². The number of aromatic nitrogens is 6. The Morgan fingerprint density at radius 1 is 0.864 bits per heavy atom. The molecule has 0 fully saturated rings. The molecule has 0 saturated heterocycles. The summed E-state index contributed by atoms with van der Waals surface area (Å²) in [5.41, 5.74) is 0.312. The van der Waals surface area contributed by atoms with Crippen LogP contribution in [0.3, 0.4) is 0 Å². The third-order valence-corrected chi connectivity index (χ3v) is 2.48. The van der Waals surface area contributed by atoms with E-state index in [-0.39, 0.29) is 11.1 Å². The van der Waals surface area contributed by atoms with Crippen LogP contribution in [0, 0.1) is 0 Å². The Hall–Kier alpha value is -3.56. The van der Waals surface area contributed by atoms with Crippen molar-refractivity contribution in [2.75, 3.05) is 0 Å². The van der Waals surface area contributed by atoms with E-state index in [1.165, 1.54) is 49.6 Å². The second-order valence-electron chi connectivity index (χ2n) is 3.93. The van der Waals surface area contributed by atoms with Crippen molar-refractivity contribution < 1.29 is 19.3 Å². The van der Waals surface area contributed by atoms with Gasteiger partial charge >= 0.3 is 11.9 Å². The van der Waals surface area contributed by atoms with Crippen LogP contribution in [0.15, 0.2) is 49.6 Å². The van der Waals surface area contributed by atoms with Crippen molar-refractivity contribution in [2.45, 2.75) is 0 Å². The van der Waals surface area contributed by atoms with Gasteiger partial charge in [-0.2, -0.15) is 0 Å². The summed E-state index contributed by atoms with van der Waals surface area (Å²) in [7, 11) is 0. The Labute approximate surface area is 122 Å². The van der Waals surface area contributed by atoms with E-state index in [4.69, 9.17) is 9.68 Å². The number of hydrogen-bond donors (Lipinski definition) is 0. The van der Waals surface area contributed by atoms with Gasteiger partial charge in [-0.3, -0.25) is 0 Å². The summed E-state index contributed by atoms with van der Waals surface area (Å²) < 4.78 is 0. The average molecular weight is 300 g/mol. The van der Waals surface area contributed by atoms with Gasteiger partial charge in [-0.05, 0) is 18.2 Å². The van der Waals surface area contributed by atoms with Crippen LogP contribution in [0.2, 0.25) is 0 Å². The van der Waals surface area contributed by atoms with Crippen molar-refractivity contribution in [3.63, 3.8) is 0 Å². The number of carbonyl (C=O) groups is 2. The average Bonchev–Trinajstić information content (AvgIpc) is 3.21. The van der Waals surface area contributed by atoms with Gasteiger partial charge in [-0.25, -0.2) is 19.6 Å². The molecule has 0 unspecified atom stereocenters. The highest BCUT2D eigenvalue weighted by Crippen LogP contribution is 2.06. The summed E-state index contributed by atoms with van der Waals surface area (Å²) in [4.78, 5) is 42.7. The zero-order chi connectivity index (χ0) is 15.4. The third kappa shape index (κ3) is 2.95. The molecule has 0 amide bonds. The molecule has 1 aromatic carbocycles. The van der Waals surface area contributed by atoms with Crippen LogP contribution >= 0.6 is 0 Å². The molecular weight excluding hydrogens is 292 g/mol. The van der Waals surface area contributed by atoms with E-state index in [2.05, 4.69) is 20.2 Å². The van der Waals surface area contributed by atoms with Gasteiger partial charge in [0, 0.05) is 0 Å². The van der Waals surface area contributed by atoms with Gasteiger partial charge in [-0.15, -0.1) is 10.2 Å². The first-order chi connectivity index (χ1) is 10.7. The van der Waals surface area contributed by atoms with Gasteiger partial charge in [0.15, 0.2) is 12.7 Å². The van der Waals surface area contributed by atoms with E-state index in [1.54, 1.807) is 0 Å². The number of benzene rings is 1. The Bertz CT molecular complexity index is 720. The molecule has 3 rings (SSSR count). The monoisotopic (exact) mass is 300 g/mol. The molecule has 0 atom stereocenters. The first-order valence-corrected chi connectivity index (χ1v) is 5.97. The maximum atomic E-state index is 11.9. The molecule has 10 heteroatoms. The first-order valence-electron chi connectivity index (χ1n) is 5.97. The molecule has 0 saturated carbocycles. The number of hydrogen-bond acceptors (Lipinski definition) is 8. The fourth-order valence-electron chi connectivity index (χ4n) is 1.54. The van der Waals surface area contributed by atoms with Crippen LogP contribution < -0.4 is 9.68 Å². The van der Waals surface area contributed by atoms with E-state index in [9.17, 15) is 9.59 Å². The lowest BCUT2D eigenvalue weighted by molar-refractivity contribution is 0.0391. The molecule has 10 nitrogen and oxygen atoms in total. The van der Waals surface area contributed by atoms with E-state index in [0.717, 1.165) is 9.69 Å². The molecule has 0 aliphatic carbocycles. The number of carbonyl (C=O) groups excluding carboxylic acids is 2. The van der Waals surface area contributed by atoms with Gasteiger partial charge in [0.1, 0.15) is 12.7 Å². The lowest BCUT2D eigenvalue weighted by Gasteiger charge is -2.05. The third-order valence-electron chi connectivity index (χ3n) is 2.48. The van der Waals surface area contributed by atoms with Gasteiger partial charge in [-0.1, -0.05) is 15.8 Å². The molecule has 0 radical (unpaired) electrons. The Balaban J connectivity index is 1.74. The fourth-order valence-corrected chi connectivity index (χ4v) is 1.54. The van der Waals surface area contributed by atoms with Gasteiger partial charge in [0.2, 0.25) is 0 Å². The van der Waals surface area contributed by atoms with Crippen molar-refractivity contribution in [3.8, 4) is 0 Å².